The van der Waals surface area contributed by atoms with Crippen molar-refractivity contribution in [2.24, 2.45) is 10.9 Å². The minimum absolute atomic E-state index is 0.0568. The standard InChI is InChI=1S/C15H20N5O7P/c16-14(17)9-3-1-8(2-4-9)11-5-10(27-19-11)6-13(21)18-7-12(15(22)23)20-28(24,25)26/h1-4,10,12H,5-7H2,(H3,16,17)(H,18,21)(H,22,23)(H3,20,24,25,26). The van der Waals surface area contributed by atoms with Crippen LogP contribution < -0.4 is 16.1 Å². The van der Waals surface area contributed by atoms with E-state index in [0.29, 0.717) is 17.7 Å². The first kappa shape index (κ1) is 21.5. The quantitative estimate of drug-likeness (QED) is 0.152. The molecule has 0 aromatic heterocycles. The molecule has 2 rings (SSSR count). The van der Waals surface area contributed by atoms with Crippen LogP contribution in [0.25, 0.3) is 0 Å². The van der Waals surface area contributed by atoms with Crippen LogP contribution in [-0.2, 0) is 19.0 Å². The molecule has 0 saturated carbocycles. The third-order valence-corrected chi connectivity index (χ3v) is 4.45. The third-order valence-electron chi connectivity index (χ3n) is 3.80. The number of nitrogens with zero attached hydrogens (tertiary/aromatic N) is 1. The molecule has 1 heterocycles. The maximum absolute atomic E-state index is 12.0. The number of oxime groups is 1. The molecule has 1 aromatic rings. The van der Waals surface area contributed by atoms with Crippen molar-refractivity contribution in [1.29, 1.82) is 5.41 Å². The Kier molecular flexibility index (Phi) is 6.86. The summed E-state index contributed by atoms with van der Waals surface area (Å²) in [6, 6.07) is 5.15. The van der Waals surface area contributed by atoms with Crippen molar-refractivity contribution in [2.75, 3.05) is 6.54 Å². The molecule has 0 bridgehead atoms. The minimum Gasteiger partial charge on any atom is -0.480 e. The second-order valence-corrected chi connectivity index (χ2v) is 7.38. The molecule has 0 saturated heterocycles. The smallest absolute Gasteiger partial charge is 0.401 e. The fraction of sp³-hybridized carbons (Fsp3) is 0.333. The van der Waals surface area contributed by atoms with Crippen LogP contribution in [0, 0.1) is 5.41 Å². The number of benzene rings is 1. The zero-order valence-electron chi connectivity index (χ0n) is 14.5. The summed E-state index contributed by atoms with van der Waals surface area (Å²) in [5.41, 5.74) is 7.33. The average Bonchev–Trinajstić information content (AvgIpc) is 3.06. The highest BCUT2D eigenvalue weighted by atomic mass is 31.2. The molecule has 2 atom stereocenters. The highest BCUT2D eigenvalue weighted by Crippen LogP contribution is 2.28. The molecule has 13 heteroatoms. The van der Waals surface area contributed by atoms with E-state index in [0.717, 1.165) is 5.56 Å². The number of nitrogens with two attached hydrogens (primary N) is 1. The first-order chi connectivity index (χ1) is 13.0. The lowest BCUT2D eigenvalue weighted by Crippen LogP contribution is -2.45. The molecular formula is C15H20N5O7P. The van der Waals surface area contributed by atoms with E-state index in [4.69, 9.17) is 30.9 Å². The highest BCUT2D eigenvalue weighted by Gasteiger charge is 2.28. The fourth-order valence-electron chi connectivity index (χ4n) is 2.44. The van der Waals surface area contributed by atoms with Gasteiger partial charge in [0.15, 0.2) is 0 Å². The van der Waals surface area contributed by atoms with Gasteiger partial charge < -0.3 is 30.8 Å². The van der Waals surface area contributed by atoms with Gasteiger partial charge in [0.25, 0.3) is 0 Å². The second kappa shape index (κ2) is 8.93. The van der Waals surface area contributed by atoms with Crippen LogP contribution in [0.15, 0.2) is 29.4 Å². The number of amides is 1. The van der Waals surface area contributed by atoms with Crippen molar-refractivity contribution < 1.29 is 33.9 Å². The van der Waals surface area contributed by atoms with Crippen LogP contribution in [0.3, 0.4) is 0 Å². The van der Waals surface area contributed by atoms with Crippen molar-refractivity contribution in [3.8, 4) is 0 Å². The number of nitrogen functional groups attached to an aromatic ring is 1. The Morgan fingerprint density at radius 3 is 2.54 bits per heavy atom. The molecule has 28 heavy (non-hydrogen) atoms. The van der Waals surface area contributed by atoms with Gasteiger partial charge in [-0.2, -0.15) is 0 Å². The van der Waals surface area contributed by atoms with E-state index in [2.05, 4.69) is 10.5 Å². The van der Waals surface area contributed by atoms with Gasteiger partial charge >= 0.3 is 13.7 Å². The summed E-state index contributed by atoms with van der Waals surface area (Å²) < 4.78 is 10.9. The number of aliphatic carboxylic acids is 1. The molecule has 0 radical (unpaired) electrons. The van der Waals surface area contributed by atoms with E-state index >= 15 is 0 Å². The predicted molar refractivity (Wildman–Crippen MR) is 97.7 cm³/mol. The van der Waals surface area contributed by atoms with Crippen molar-refractivity contribution in [3.63, 3.8) is 0 Å². The lowest BCUT2D eigenvalue weighted by atomic mass is 10.0. The van der Waals surface area contributed by atoms with Gasteiger partial charge in [-0.3, -0.25) is 15.0 Å². The Labute approximate surface area is 159 Å². The molecule has 0 aliphatic carbocycles. The van der Waals surface area contributed by atoms with Gasteiger partial charge in [0.1, 0.15) is 18.0 Å². The Morgan fingerprint density at radius 1 is 1.36 bits per heavy atom. The van der Waals surface area contributed by atoms with Crippen LogP contribution in [-0.4, -0.2) is 57.0 Å². The molecule has 152 valence electrons. The van der Waals surface area contributed by atoms with Crippen molar-refractivity contribution >= 4 is 31.2 Å². The molecule has 0 spiro atoms. The summed E-state index contributed by atoms with van der Waals surface area (Å²) in [6.07, 6.45) is -0.322. The highest BCUT2D eigenvalue weighted by molar-refractivity contribution is 7.49. The summed E-state index contributed by atoms with van der Waals surface area (Å²) in [6.45, 7) is -0.508. The predicted octanol–water partition coefficient (Wildman–Crippen LogP) is -0.895. The molecule has 0 fully saturated rings. The van der Waals surface area contributed by atoms with Crippen LogP contribution in [0.2, 0.25) is 0 Å². The molecule has 1 aliphatic rings. The fourth-order valence-corrected chi connectivity index (χ4v) is 3.04. The zero-order valence-corrected chi connectivity index (χ0v) is 15.4. The monoisotopic (exact) mass is 413 g/mol. The van der Waals surface area contributed by atoms with Gasteiger partial charge in [-0.25, -0.2) is 9.65 Å². The van der Waals surface area contributed by atoms with Gasteiger partial charge in [0.05, 0.1) is 12.1 Å². The summed E-state index contributed by atoms with van der Waals surface area (Å²) in [4.78, 5) is 45.7. The topological polar surface area (TPSA) is 207 Å². The largest absolute Gasteiger partial charge is 0.480 e. The van der Waals surface area contributed by atoms with E-state index in [9.17, 15) is 14.2 Å². The second-order valence-electron chi connectivity index (χ2n) is 6.03. The maximum atomic E-state index is 12.0. The number of rotatable bonds is 9. The third kappa shape index (κ3) is 6.43. The van der Waals surface area contributed by atoms with Gasteiger partial charge in [-0.05, 0) is 5.56 Å². The van der Waals surface area contributed by atoms with E-state index < -0.39 is 38.3 Å². The lowest BCUT2D eigenvalue weighted by molar-refractivity contribution is -0.139. The molecule has 1 aliphatic heterocycles. The Bertz CT molecular complexity index is 836. The number of carboxylic acid groups (broad SMARTS) is 1. The normalized spacial score (nSPS) is 17.4. The molecule has 12 nitrogen and oxygen atoms in total. The van der Waals surface area contributed by atoms with E-state index in [1.807, 2.05) is 0 Å². The summed E-state index contributed by atoms with van der Waals surface area (Å²) >= 11 is 0. The van der Waals surface area contributed by atoms with Gasteiger partial charge in [0.2, 0.25) is 5.91 Å². The molecule has 1 amide bonds. The SMILES string of the molecule is N=C(N)c1ccc(C2=NOC(CC(=O)NCC(NP(=O)(O)O)C(=O)O)C2)cc1. The first-order valence-corrected chi connectivity index (χ1v) is 9.67. The Morgan fingerprint density at radius 2 is 2.00 bits per heavy atom. The van der Waals surface area contributed by atoms with Crippen molar-refractivity contribution in [3.05, 3.63) is 35.4 Å². The van der Waals surface area contributed by atoms with Crippen LogP contribution in [0.5, 0.6) is 0 Å². The molecule has 8 N–H and O–H groups in total. The van der Waals surface area contributed by atoms with Crippen LogP contribution in [0.1, 0.15) is 24.0 Å². The zero-order chi connectivity index (χ0) is 20.9. The average molecular weight is 413 g/mol. The Hall–Kier alpha value is -2.79. The molecule has 2 unspecified atom stereocenters. The minimum atomic E-state index is -4.76. The van der Waals surface area contributed by atoms with Crippen LogP contribution >= 0.6 is 7.75 Å². The number of amidine groups is 1. The van der Waals surface area contributed by atoms with Crippen molar-refractivity contribution in [2.45, 2.75) is 25.0 Å². The number of carbonyl (C=O) groups excluding carboxylic acids is 1. The number of hydrogen-bond donors (Lipinski definition) is 7. The van der Waals surface area contributed by atoms with E-state index in [-0.39, 0.29) is 12.3 Å². The van der Waals surface area contributed by atoms with E-state index in [1.165, 1.54) is 0 Å². The number of carboxylic acids is 1. The van der Waals surface area contributed by atoms with Gasteiger partial charge in [-0.15, -0.1) is 0 Å². The molecule has 1 aromatic carbocycles. The first-order valence-electron chi connectivity index (χ1n) is 8.05. The lowest BCUT2D eigenvalue weighted by Gasteiger charge is -2.16. The number of hydrogen-bond acceptors (Lipinski definition) is 6. The number of nitrogens with one attached hydrogen (secondary N) is 3. The summed E-state index contributed by atoms with van der Waals surface area (Å²) in [7, 11) is -4.76. The molecular weight excluding hydrogens is 393 g/mol. The number of carbonyl (C=O) groups is 2. The van der Waals surface area contributed by atoms with Gasteiger partial charge in [-0.1, -0.05) is 29.4 Å². The van der Waals surface area contributed by atoms with Crippen molar-refractivity contribution in [1.82, 2.24) is 10.4 Å². The van der Waals surface area contributed by atoms with Crippen LogP contribution in [0.4, 0.5) is 0 Å². The van der Waals surface area contributed by atoms with E-state index in [1.54, 1.807) is 29.4 Å². The maximum Gasteiger partial charge on any atom is 0.401 e. The Balaban J connectivity index is 1.83. The summed E-state index contributed by atoms with van der Waals surface area (Å²) in [5, 5.41) is 24.1. The van der Waals surface area contributed by atoms with Gasteiger partial charge in [0, 0.05) is 18.5 Å². The summed E-state index contributed by atoms with van der Waals surface area (Å²) in [5.74, 6) is -2.12.